The van der Waals surface area contributed by atoms with Crippen molar-refractivity contribution in [2.24, 2.45) is 0 Å². The number of carbonyl (C=O) groups is 1. The summed E-state index contributed by atoms with van der Waals surface area (Å²) < 4.78 is 4.34. The van der Waals surface area contributed by atoms with Crippen LogP contribution in [0.5, 0.6) is 0 Å². The number of aliphatic hydroxyl groups excluding tert-OH is 1. The molecule has 0 saturated carbocycles. The number of hydrogen-bond acceptors (Lipinski definition) is 5. The van der Waals surface area contributed by atoms with Gasteiger partial charge in [-0.2, -0.15) is 0 Å². The molecule has 0 aromatic heterocycles. The van der Waals surface area contributed by atoms with Crippen LogP contribution in [-0.4, -0.2) is 30.4 Å². The van der Waals surface area contributed by atoms with Gasteiger partial charge in [0.05, 0.1) is 18.8 Å². The van der Waals surface area contributed by atoms with Gasteiger partial charge in [0, 0.05) is 0 Å². The molecule has 0 aliphatic carbocycles. The molecule has 1 atom stereocenters. The van der Waals surface area contributed by atoms with Crippen LogP contribution in [-0.2, 0) is 14.3 Å². The largest absolute Gasteiger partial charge is 0.466 e. The van der Waals surface area contributed by atoms with Gasteiger partial charge >= 0.3 is 5.97 Å². The minimum absolute atomic E-state index is 0.116. The SMILES string of the molecule is C=C(C(=O)OC)C(O)CC.N=C=O. The average Bonchev–Trinajstić information content (AvgIpc) is 2.15. The molecule has 0 heterocycles. The molecule has 0 radical (unpaired) electrons. The zero-order valence-electron chi connectivity index (χ0n) is 7.66. The topological polar surface area (TPSA) is 87.4 Å². The predicted molar refractivity (Wildman–Crippen MR) is 45.9 cm³/mol. The second-order valence-corrected chi connectivity index (χ2v) is 2.04. The Kier molecular flexibility index (Phi) is 9.37. The van der Waals surface area contributed by atoms with Gasteiger partial charge in [0.1, 0.15) is 0 Å². The van der Waals surface area contributed by atoms with E-state index in [-0.39, 0.29) is 5.57 Å². The van der Waals surface area contributed by atoms with E-state index in [9.17, 15) is 4.79 Å². The van der Waals surface area contributed by atoms with Crippen molar-refractivity contribution in [3.8, 4) is 0 Å². The van der Waals surface area contributed by atoms with Gasteiger partial charge in [0.25, 0.3) is 0 Å². The van der Waals surface area contributed by atoms with E-state index in [0.29, 0.717) is 6.42 Å². The average molecular weight is 187 g/mol. The third kappa shape index (κ3) is 6.93. The van der Waals surface area contributed by atoms with E-state index < -0.39 is 12.1 Å². The van der Waals surface area contributed by atoms with Crippen molar-refractivity contribution in [1.82, 2.24) is 0 Å². The van der Waals surface area contributed by atoms with Crippen molar-refractivity contribution in [1.29, 1.82) is 5.41 Å². The van der Waals surface area contributed by atoms with Crippen LogP contribution in [0.2, 0.25) is 0 Å². The molecule has 0 aromatic carbocycles. The summed E-state index contributed by atoms with van der Waals surface area (Å²) in [5.74, 6) is -0.547. The Hall–Kier alpha value is -1.45. The van der Waals surface area contributed by atoms with Crippen LogP contribution >= 0.6 is 0 Å². The summed E-state index contributed by atoms with van der Waals surface area (Å²) in [6, 6.07) is 0. The quantitative estimate of drug-likeness (QED) is 0.289. The lowest BCUT2D eigenvalue weighted by atomic mass is 10.1. The summed E-state index contributed by atoms with van der Waals surface area (Å²) >= 11 is 0. The first-order valence-electron chi connectivity index (χ1n) is 3.54. The van der Waals surface area contributed by atoms with Crippen molar-refractivity contribution in [2.45, 2.75) is 19.4 Å². The molecular weight excluding hydrogens is 174 g/mol. The summed E-state index contributed by atoms with van der Waals surface area (Å²) in [7, 11) is 1.26. The van der Waals surface area contributed by atoms with Crippen molar-refractivity contribution in [3.05, 3.63) is 12.2 Å². The summed E-state index contributed by atoms with van der Waals surface area (Å²) in [5.41, 5.74) is 0.116. The van der Waals surface area contributed by atoms with E-state index in [1.54, 1.807) is 6.92 Å². The zero-order valence-corrected chi connectivity index (χ0v) is 7.66. The van der Waals surface area contributed by atoms with E-state index in [0.717, 1.165) is 6.08 Å². The molecule has 0 aliphatic rings. The smallest absolute Gasteiger partial charge is 0.335 e. The van der Waals surface area contributed by atoms with Gasteiger partial charge in [0.15, 0.2) is 0 Å². The molecule has 5 heteroatoms. The first-order valence-corrected chi connectivity index (χ1v) is 3.54. The van der Waals surface area contributed by atoms with Crippen LogP contribution in [0.25, 0.3) is 0 Å². The number of isocyanates is 1. The Morgan fingerprint density at radius 2 is 2.15 bits per heavy atom. The highest BCUT2D eigenvalue weighted by Crippen LogP contribution is 2.04. The number of esters is 1. The summed E-state index contributed by atoms with van der Waals surface area (Å²) in [5, 5.41) is 14.4. The lowest BCUT2D eigenvalue weighted by Gasteiger charge is -2.07. The Labute approximate surface area is 76.5 Å². The third-order valence-electron chi connectivity index (χ3n) is 1.24. The van der Waals surface area contributed by atoms with Crippen molar-refractivity contribution < 1.29 is 19.4 Å². The van der Waals surface area contributed by atoms with E-state index in [2.05, 4.69) is 11.3 Å². The molecule has 0 bridgehead atoms. The Balaban J connectivity index is 0. The zero-order chi connectivity index (χ0) is 10.9. The van der Waals surface area contributed by atoms with Crippen molar-refractivity contribution in [3.63, 3.8) is 0 Å². The van der Waals surface area contributed by atoms with Gasteiger partial charge in [-0.25, -0.2) is 15.0 Å². The van der Waals surface area contributed by atoms with Gasteiger partial charge in [0.2, 0.25) is 6.08 Å². The molecule has 13 heavy (non-hydrogen) atoms. The lowest BCUT2D eigenvalue weighted by molar-refractivity contribution is -0.137. The molecule has 0 aliphatic heterocycles. The highest BCUT2D eigenvalue weighted by atomic mass is 16.5. The van der Waals surface area contributed by atoms with Gasteiger partial charge < -0.3 is 9.84 Å². The molecular formula is C8H13NO4. The molecule has 0 fully saturated rings. The lowest BCUT2D eigenvalue weighted by Crippen LogP contribution is -2.17. The number of nitrogens with one attached hydrogen (secondary N) is 1. The maximum Gasteiger partial charge on any atom is 0.335 e. The Morgan fingerprint density at radius 3 is 2.38 bits per heavy atom. The standard InChI is InChI=1S/C7H12O3.CHNO/c1-4-6(8)5(2)7(9)10-3;2-1-3/h6,8H,2,4H2,1,3H3;2H. The monoisotopic (exact) mass is 187 g/mol. The molecule has 74 valence electrons. The van der Waals surface area contributed by atoms with E-state index in [1.807, 2.05) is 0 Å². The van der Waals surface area contributed by atoms with Crippen LogP contribution in [0.1, 0.15) is 13.3 Å². The van der Waals surface area contributed by atoms with E-state index >= 15 is 0 Å². The van der Waals surface area contributed by atoms with E-state index in [1.165, 1.54) is 7.11 Å². The molecule has 5 nitrogen and oxygen atoms in total. The minimum atomic E-state index is -0.771. The fraction of sp³-hybridized carbons (Fsp3) is 0.500. The number of methoxy groups -OCH3 is 1. The fourth-order valence-corrected chi connectivity index (χ4v) is 0.514. The highest BCUT2D eigenvalue weighted by Gasteiger charge is 2.13. The van der Waals surface area contributed by atoms with E-state index in [4.69, 9.17) is 15.3 Å². The van der Waals surface area contributed by atoms with Crippen LogP contribution in [0.3, 0.4) is 0 Å². The molecule has 2 N–H and O–H groups in total. The Morgan fingerprint density at radius 1 is 1.77 bits per heavy atom. The van der Waals surface area contributed by atoms with Crippen LogP contribution in [0.4, 0.5) is 0 Å². The van der Waals surface area contributed by atoms with Crippen LogP contribution in [0, 0.1) is 5.41 Å². The summed E-state index contributed by atoms with van der Waals surface area (Å²) in [6.07, 6.45) is 0.459. The molecule has 1 unspecified atom stereocenters. The summed E-state index contributed by atoms with van der Waals surface area (Å²) in [4.78, 5) is 19.0. The van der Waals surface area contributed by atoms with Gasteiger partial charge in [-0.3, -0.25) is 0 Å². The molecule has 0 saturated heterocycles. The summed E-state index contributed by atoms with van der Waals surface area (Å²) in [6.45, 7) is 5.13. The highest BCUT2D eigenvalue weighted by molar-refractivity contribution is 5.88. The molecule has 0 amide bonds. The first kappa shape index (κ1) is 14.1. The normalized spacial score (nSPS) is 10.1. The number of ether oxygens (including phenoxy) is 1. The van der Waals surface area contributed by atoms with Gasteiger partial charge in [-0.15, -0.1) is 0 Å². The number of carbonyl (C=O) groups excluding carboxylic acids is 2. The first-order chi connectivity index (χ1) is 6.04. The number of rotatable bonds is 3. The maximum atomic E-state index is 10.6. The van der Waals surface area contributed by atoms with Crippen molar-refractivity contribution >= 4 is 12.0 Å². The Bertz CT molecular complexity index is 206. The third-order valence-corrected chi connectivity index (χ3v) is 1.24. The molecule has 0 spiro atoms. The number of hydrogen-bond donors (Lipinski definition) is 2. The van der Waals surface area contributed by atoms with Gasteiger partial charge in [-0.05, 0) is 6.42 Å². The molecule has 0 aromatic rings. The maximum absolute atomic E-state index is 10.6. The predicted octanol–water partition coefficient (Wildman–Crippen LogP) is 0.387. The van der Waals surface area contributed by atoms with Crippen molar-refractivity contribution in [2.75, 3.05) is 7.11 Å². The minimum Gasteiger partial charge on any atom is -0.466 e. The second-order valence-electron chi connectivity index (χ2n) is 2.04. The molecule has 0 rings (SSSR count). The fourth-order valence-electron chi connectivity index (χ4n) is 0.514. The van der Waals surface area contributed by atoms with Gasteiger partial charge in [-0.1, -0.05) is 13.5 Å². The van der Waals surface area contributed by atoms with Crippen LogP contribution in [0.15, 0.2) is 12.2 Å². The van der Waals surface area contributed by atoms with Crippen LogP contribution < -0.4 is 0 Å². The number of aliphatic hydroxyl groups is 1. The second kappa shape index (κ2) is 8.64.